The standard InChI is InChI=1S/C10H11F3N2O4S/c11-10(12,13)19-7-1-3-8(4-2-7)20(17,18)15-6-5-9(14)16/h1-4,15H,5-6H2,(H2,14,16). The van der Waals surface area contributed by atoms with Gasteiger partial charge in [-0.1, -0.05) is 0 Å². The molecule has 20 heavy (non-hydrogen) atoms. The molecule has 6 nitrogen and oxygen atoms in total. The van der Waals surface area contributed by atoms with Crippen LogP contribution in [0.3, 0.4) is 0 Å². The number of nitrogens with two attached hydrogens (primary N) is 1. The van der Waals surface area contributed by atoms with Gasteiger partial charge < -0.3 is 10.5 Å². The van der Waals surface area contributed by atoms with Crippen LogP contribution in [0.5, 0.6) is 5.75 Å². The Balaban J connectivity index is 2.74. The molecule has 0 saturated carbocycles. The Morgan fingerprint density at radius 1 is 1.25 bits per heavy atom. The number of halogens is 3. The molecule has 0 aromatic heterocycles. The molecule has 10 heteroatoms. The van der Waals surface area contributed by atoms with E-state index >= 15 is 0 Å². The summed E-state index contributed by atoms with van der Waals surface area (Å²) in [6, 6.07) is 3.65. The summed E-state index contributed by atoms with van der Waals surface area (Å²) in [4.78, 5) is 10.2. The zero-order valence-electron chi connectivity index (χ0n) is 9.98. The molecule has 112 valence electrons. The van der Waals surface area contributed by atoms with E-state index in [-0.39, 0.29) is 17.9 Å². The number of amides is 1. The molecule has 0 radical (unpaired) electrons. The van der Waals surface area contributed by atoms with Crippen molar-refractivity contribution < 1.29 is 31.1 Å². The molecule has 0 atom stereocenters. The lowest BCUT2D eigenvalue weighted by Crippen LogP contribution is -2.28. The third kappa shape index (κ3) is 5.45. The summed E-state index contributed by atoms with van der Waals surface area (Å²) in [5.41, 5.74) is 4.84. The number of alkyl halides is 3. The van der Waals surface area contributed by atoms with E-state index in [0.717, 1.165) is 24.3 Å². The maximum absolute atomic E-state index is 11.9. The topological polar surface area (TPSA) is 98.5 Å². The van der Waals surface area contributed by atoms with Gasteiger partial charge in [0.1, 0.15) is 5.75 Å². The van der Waals surface area contributed by atoms with Crippen molar-refractivity contribution in [2.45, 2.75) is 17.7 Å². The molecule has 1 aromatic rings. The van der Waals surface area contributed by atoms with Gasteiger partial charge >= 0.3 is 6.36 Å². The number of ether oxygens (including phenoxy) is 1. The van der Waals surface area contributed by atoms with Crippen LogP contribution in [0.15, 0.2) is 29.2 Å². The lowest BCUT2D eigenvalue weighted by Gasteiger charge is -2.10. The second-order valence-electron chi connectivity index (χ2n) is 3.63. The summed E-state index contributed by atoms with van der Waals surface area (Å²) in [7, 11) is -3.91. The summed E-state index contributed by atoms with van der Waals surface area (Å²) in [5, 5.41) is 0. The predicted molar refractivity (Wildman–Crippen MR) is 62.1 cm³/mol. The van der Waals surface area contributed by atoms with Crippen molar-refractivity contribution in [3.05, 3.63) is 24.3 Å². The molecule has 0 fully saturated rings. The Morgan fingerprint density at radius 2 is 1.80 bits per heavy atom. The first-order valence-corrected chi connectivity index (χ1v) is 6.72. The fourth-order valence-electron chi connectivity index (χ4n) is 1.21. The number of carbonyl (C=O) groups is 1. The van der Waals surface area contributed by atoms with Gasteiger partial charge in [0, 0.05) is 13.0 Å². The highest BCUT2D eigenvalue weighted by atomic mass is 32.2. The maximum Gasteiger partial charge on any atom is 0.573 e. The molecule has 0 saturated heterocycles. The SMILES string of the molecule is NC(=O)CCNS(=O)(=O)c1ccc(OC(F)(F)F)cc1. The van der Waals surface area contributed by atoms with Gasteiger partial charge in [0.2, 0.25) is 15.9 Å². The average Bonchev–Trinajstić information content (AvgIpc) is 2.26. The van der Waals surface area contributed by atoms with E-state index < -0.39 is 28.0 Å². The Morgan fingerprint density at radius 3 is 2.25 bits per heavy atom. The second-order valence-corrected chi connectivity index (χ2v) is 5.40. The van der Waals surface area contributed by atoms with Gasteiger partial charge in [-0.15, -0.1) is 13.2 Å². The van der Waals surface area contributed by atoms with E-state index in [1.807, 2.05) is 0 Å². The normalized spacial score (nSPS) is 12.2. The van der Waals surface area contributed by atoms with E-state index in [0.29, 0.717) is 0 Å². The first-order valence-electron chi connectivity index (χ1n) is 5.24. The zero-order chi connectivity index (χ0) is 15.4. The van der Waals surface area contributed by atoms with Crippen molar-refractivity contribution in [3.8, 4) is 5.75 Å². The van der Waals surface area contributed by atoms with Crippen molar-refractivity contribution in [2.75, 3.05) is 6.54 Å². The number of primary amides is 1. The van der Waals surface area contributed by atoms with Gasteiger partial charge in [-0.3, -0.25) is 4.79 Å². The van der Waals surface area contributed by atoms with Gasteiger partial charge in [0.25, 0.3) is 0 Å². The number of sulfonamides is 1. The highest BCUT2D eigenvalue weighted by Gasteiger charge is 2.31. The summed E-state index contributed by atoms with van der Waals surface area (Å²) >= 11 is 0. The largest absolute Gasteiger partial charge is 0.573 e. The summed E-state index contributed by atoms with van der Waals surface area (Å²) in [6.45, 7) is -0.196. The quantitative estimate of drug-likeness (QED) is 0.809. The number of carbonyl (C=O) groups excluding carboxylic acids is 1. The molecule has 0 spiro atoms. The molecular weight excluding hydrogens is 301 g/mol. The Bertz CT molecular complexity index is 569. The molecule has 0 bridgehead atoms. The number of nitrogens with one attached hydrogen (secondary N) is 1. The van der Waals surface area contributed by atoms with Crippen molar-refractivity contribution in [1.82, 2.24) is 4.72 Å². The van der Waals surface area contributed by atoms with E-state index in [2.05, 4.69) is 9.46 Å². The minimum Gasteiger partial charge on any atom is -0.406 e. The van der Waals surface area contributed by atoms with E-state index in [9.17, 15) is 26.4 Å². The van der Waals surface area contributed by atoms with Crippen LogP contribution < -0.4 is 15.2 Å². The first kappa shape index (κ1) is 16.2. The van der Waals surface area contributed by atoms with Crippen molar-refractivity contribution in [3.63, 3.8) is 0 Å². The number of rotatable bonds is 6. The molecular formula is C10H11F3N2O4S. The van der Waals surface area contributed by atoms with Gasteiger partial charge in [0.05, 0.1) is 4.90 Å². The maximum atomic E-state index is 11.9. The fraction of sp³-hybridized carbons (Fsp3) is 0.300. The first-order chi connectivity index (χ1) is 9.10. The van der Waals surface area contributed by atoms with Crippen LogP contribution in [-0.4, -0.2) is 27.2 Å². The second kappa shape index (κ2) is 6.09. The molecule has 1 aromatic carbocycles. The predicted octanol–water partition coefficient (Wildman–Crippen LogP) is 0.739. The van der Waals surface area contributed by atoms with Crippen molar-refractivity contribution in [2.24, 2.45) is 5.73 Å². The summed E-state index contributed by atoms with van der Waals surface area (Å²) in [5.74, 6) is -1.21. The minimum absolute atomic E-state index is 0.186. The Kier molecular flexibility index (Phi) is 4.95. The molecule has 0 aliphatic rings. The molecule has 0 aliphatic carbocycles. The van der Waals surface area contributed by atoms with Crippen molar-refractivity contribution >= 4 is 15.9 Å². The van der Waals surface area contributed by atoms with Crippen LogP contribution in [0.2, 0.25) is 0 Å². The molecule has 1 rings (SSSR count). The lowest BCUT2D eigenvalue weighted by atomic mass is 10.3. The van der Waals surface area contributed by atoms with Gasteiger partial charge in [-0.05, 0) is 24.3 Å². The molecule has 1 amide bonds. The number of benzene rings is 1. The van der Waals surface area contributed by atoms with Crippen LogP contribution in [-0.2, 0) is 14.8 Å². The fourth-order valence-corrected chi connectivity index (χ4v) is 2.24. The molecule has 0 aliphatic heterocycles. The van der Waals surface area contributed by atoms with Crippen LogP contribution in [0.1, 0.15) is 6.42 Å². The highest BCUT2D eigenvalue weighted by molar-refractivity contribution is 7.89. The summed E-state index contributed by atoms with van der Waals surface area (Å²) in [6.07, 6.45) is -5.03. The number of hydrogen-bond donors (Lipinski definition) is 2. The summed E-state index contributed by atoms with van der Waals surface area (Å²) < 4.78 is 64.8. The van der Waals surface area contributed by atoms with E-state index in [1.54, 1.807) is 0 Å². The monoisotopic (exact) mass is 312 g/mol. The van der Waals surface area contributed by atoms with Crippen LogP contribution >= 0.6 is 0 Å². The van der Waals surface area contributed by atoms with E-state index in [4.69, 9.17) is 5.73 Å². The van der Waals surface area contributed by atoms with Gasteiger partial charge in [0.15, 0.2) is 0 Å². The van der Waals surface area contributed by atoms with Gasteiger partial charge in [-0.25, -0.2) is 13.1 Å². The molecule has 0 heterocycles. The minimum atomic E-state index is -4.85. The third-order valence-corrected chi connectivity index (χ3v) is 3.51. The average molecular weight is 312 g/mol. The molecule has 3 N–H and O–H groups in total. The van der Waals surface area contributed by atoms with E-state index in [1.165, 1.54) is 0 Å². The van der Waals surface area contributed by atoms with Crippen molar-refractivity contribution in [1.29, 1.82) is 0 Å². The molecule has 0 unspecified atom stereocenters. The van der Waals surface area contributed by atoms with Crippen LogP contribution in [0.4, 0.5) is 13.2 Å². The highest BCUT2D eigenvalue weighted by Crippen LogP contribution is 2.23. The Labute approximate surface area is 112 Å². The lowest BCUT2D eigenvalue weighted by molar-refractivity contribution is -0.274. The third-order valence-electron chi connectivity index (χ3n) is 2.03. The van der Waals surface area contributed by atoms with Gasteiger partial charge in [-0.2, -0.15) is 0 Å². The smallest absolute Gasteiger partial charge is 0.406 e. The number of hydrogen-bond acceptors (Lipinski definition) is 4. The zero-order valence-corrected chi connectivity index (χ0v) is 10.8. The Hall–Kier alpha value is -1.81. The van der Waals surface area contributed by atoms with Crippen LogP contribution in [0.25, 0.3) is 0 Å². The van der Waals surface area contributed by atoms with Crippen LogP contribution in [0, 0.1) is 0 Å².